The lowest BCUT2D eigenvalue weighted by Crippen LogP contribution is -2.30. The molecule has 0 aromatic carbocycles. The molecule has 0 bridgehead atoms. The van der Waals surface area contributed by atoms with Crippen molar-refractivity contribution < 1.29 is 0 Å². The molecule has 0 aliphatic carbocycles. The smallest absolute Gasteiger partial charge is 0.00390 e. The van der Waals surface area contributed by atoms with E-state index < -0.39 is 0 Å². The van der Waals surface area contributed by atoms with Gasteiger partial charge in [0.2, 0.25) is 0 Å². The van der Waals surface area contributed by atoms with E-state index in [-0.39, 0.29) is 0 Å². The summed E-state index contributed by atoms with van der Waals surface area (Å²) in [7, 11) is 0. The van der Waals surface area contributed by atoms with Crippen molar-refractivity contribution in [2.45, 2.75) is 72.3 Å². The summed E-state index contributed by atoms with van der Waals surface area (Å²) >= 11 is 0. The van der Waals surface area contributed by atoms with Gasteiger partial charge in [0, 0.05) is 6.04 Å². The van der Waals surface area contributed by atoms with Gasteiger partial charge in [-0.25, -0.2) is 0 Å². The van der Waals surface area contributed by atoms with E-state index in [4.69, 9.17) is 0 Å². The van der Waals surface area contributed by atoms with Crippen molar-refractivity contribution in [3.05, 3.63) is 0 Å². The van der Waals surface area contributed by atoms with E-state index in [1.807, 2.05) is 0 Å². The average Bonchev–Trinajstić information content (AvgIpc) is 2.32. The third kappa shape index (κ3) is 10.8. The summed E-state index contributed by atoms with van der Waals surface area (Å²) in [6.45, 7) is 14.0. The minimum Gasteiger partial charge on any atom is -0.315 e. The van der Waals surface area contributed by atoms with Crippen molar-refractivity contribution in [1.29, 1.82) is 0 Å². The van der Waals surface area contributed by atoms with Gasteiger partial charge in [0.15, 0.2) is 0 Å². The Morgan fingerprint density at radius 2 is 1.41 bits per heavy atom. The summed E-state index contributed by atoms with van der Waals surface area (Å²) in [6, 6.07) is 0.680. The van der Waals surface area contributed by atoms with E-state index >= 15 is 0 Å². The highest BCUT2D eigenvalue weighted by atomic mass is 15.1. The standard InChI is InChI=1S/C15H34N2/c1-5-8-12-17(13-9-6-2)14-10-11-15(4)16-7-3/h15-16H,5-14H2,1-4H3. The summed E-state index contributed by atoms with van der Waals surface area (Å²) in [5.74, 6) is 0. The van der Waals surface area contributed by atoms with Gasteiger partial charge in [0.25, 0.3) is 0 Å². The van der Waals surface area contributed by atoms with Crippen LogP contribution in [-0.4, -0.2) is 37.1 Å². The zero-order valence-corrected chi connectivity index (χ0v) is 12.6. The van der Waals surface area contributed by atoms with Gasteiger partial charge < -0.3 is 10.2 Å². The molecule has 0 aromatic rings. The van der Waals surface area contributed by atoms with E-state index in [1.165, 1.54) is 58.2 Å². The van der Waals surface area contributed by atoms with Gasteiger partial charge in [-0.05, 0) is 58.8 Å². The molecule has 2 nitrogen and oxygen atoms in total. The normalized spacial score (nSPS) is 13.2. The summed E-state index contributed by atoms with van der Waals surface area (Å²) < 4.78 is 0. The van der Waals surface area contributed by atoms with Crippen molar-refractivity contribution >= 4 is 0 Å². The van der Waals surface area contributed by atoms with Gasteiger partial charge in [-0.1, -0.05) is 33.6 Å². The Labute approximate surface area is 109 Å². The number of nitrogens with zero attached hydrogens (tertiary/aromatic N) is 1. The third-order valence-electron chi connectivity index (χ3n) is 3.32. The predicted octanol–water partition coefficient (Wildman–Crippen LogP) is 3.67. The lowest BCUT2D eigenvalue weighted by molar-refractivity contribution is 0.256. The largest absolute Gasteiger partial charge is 0.315 e. The maximum Gasteiger partial charge on any atom is 0.00390 e. The van der Waals surface area contributed by atoms with Crippen LogP contribution in [0.15, 0.2) is 0 Å². The fourth-order valence-electron chi connectivity index (χ4n) is 2.17. The zero-order valence-electron chi connectivity index (χ0n) is 12.6. The second-order valence-corrected chi connectivity index (χ2v) is 5.15. The first-order chi connectivity index (χ1) is 8.24. The number of hydrogen-bond acceptors (Lipinski definition) is 2. The van der Waals surface area contributed by atoms with Crippen LogP contribution in [0, 0.1) is 0 Å². The highest BCUT2D eigenvalue weighted by Crippen LogP contribution is 2.03. The Morgan fingerprint density at radius 3 is 1.88 bits per heavy atom. The molecule has 104 valence electrons. The van der Waals surface area contributed by atoms with Crippen molar-refractivity contribution in [3.63, 3.8) is 0 Å². The van der Waals surface area contributed by atoms with Crippen LogP contribution < -0.4 is 5.32 Å². The van der Waals surface area contributed by atoms with Crippen LogP contribution >= 0.6 is 0 Å². The molecule has 0 aliphatic heterocycles. The molecule has 0 heterocycles. The number of nitrogens with one attached hydrogen (secondary N) is 1. The van der Waals surface area contributed by atoms with Crippen LogP contribution in [0.2, 0.25) is 0 Å². The van der Waals surface area contributed by atoms with Crippen molar-refractivity contribution in [2.75, 3.05) is 26.2 Å². The Kier molecular flexibility index (Phi) is 12.3. The van der Waals surface area contributed by atoms with E-state index in [0.29, 0.717) is 6.04 Å². The first-order valence-corrected chi connectivity index (χ1v) is 7.70. The molecule has 0 saturated carbocycles. The molecule has 1 unspecified atom stereocenters. The molecule has 0 rings (SSSR count). The van der Waals surface area contributed by atoms with Gasteiger partial charge in [0.1, 0.15) is 0 Å². The second kappa shape index (κ2) is 12.4. The highest BCUT2D eigenvalue weighted by Gasteiger charge is 2.05. The number of rotatable bonds is 12. The summed E-state index contributed by atoms with van der Waals surface area (Å²) in [5, 5.41) is 3.49. The minimum atomic E-state index is 0.680. The second-order valence-electron chi connectivity index (χ2n) is 5.15. The molecule has 2 heteroatoms. The average molecular weight is 242 g/mol. The molecule has 0 spiro atoms. The molecule has 0 saturated heterocycles. The molecule has 0 aromatic heterocycles. The quantitative estimate of drug-likeness (QED) is 0.562. The Hall–Kier alpha value is -0.0800. The molecule has 1 atom stereocenters. The van der Waals surface area contributed by atoms with E-state index in [9.17, 15) is 0 Å². The molecule has 0 radical (unpaired) electrons. The van der Waals surface area contributed by atoms with Gasteiger partial charge >= 0.3 is 0 Å². The fraction of sp³-hybridized carbons (Fsp3) is 1.00. The lowest BCUT2D eigenvalue weighted by atomic mass is 10.1. The van der Waals surface area contributed by atoms with Crippen molar-refractivity contribution in [1.82, 2.24) is 10.2 Å². The van der Waals surface area contributed by atoms with Crippen LogP contribution in [-0.2, 0) is 0 Å². The Bertz CT molecular complexity index is 140. The molecule has 0 amide bonds. The van der Waals surface area contributed by atoms with E-state index in [1.54, 1.807) is 0 Å². The maximum atomic E-state index is 3.49. The molecular weight excluding hydrogens is 208 g/mol. The summed E-state index contributed by atoms with van der Waals surface area (Å²) in [5.41, 5.74) is 0. The molecule has 1 N–H and O–H groups in total. The lowest BCUT2D eigenvalue weighted by Gasteiger charge is -2.22. The topological polar surface area (TPSA) is 15.3 Å². The van der Waals surface area contributed by atoms with Gasteiger partial charge in [-0.3, -0.25) is 0 Å². The third-order valence-corrected chi connectivity index (χ3v) is 3.32. The van der Waals surface area contributed by atoms with Gasteiger partial charge in [-0.15, -0.1) is 0 Å². The minimum absolute atomic E-state index is 0.680. The van der Waals surface area contributed by atoms with Crippen LogP contribution in [0.5, 0.6) is 0 Å². The van der Waals surface area contributed by atoms with Crippen LogP contribution in [0.1, 0.15) is 66.2 Å². The Morgan fingerprint density at radius 1 is 0.882 bits per heavy atom. The monoisotopic (exact) mass is 242 g/mol. The number of unbranched alkanes of at least 4 members (excludes halogenated alkanes) is 2. The van der Waals surface area contributed by atoms with Crippen LogP contribution in [0.25, 0.3) is 0 Å². The van der Waals surface area contributed by atoms with Gasteiger partial charge in [0.05, 0.1) is 0 Å². The number of hydrogen-bond donors (Lipinski definition) is 1. The van der Waals surface area contributed by atoms with Crippen molar-refractivity contribution in [3.8, 4) is 0 Å². The van der Waals surface area contributed by atoms with Crippen LogP contribution in [0.4, 0.5) is 0 Å². The predicted molar refractivity (Wildman–Crippen MR) is 78.6 cm³/mol. The first kappa shape index (κ1) is 16.9. The maximum absolute atomic E-state index is 3.49. The fourth-order valence-corrected chi connectivity index (χ4v) is 2.17. The van der Waals surface area contributed by atoms with Crippen molar-refractivity contribution in [2.24, 2.45) is 0 Å². The molecular formula is C15H34N2. The van der Waals surface area contributed by atoms with E-state index in [2.05, 4.69) is 37.9 Å². The molecule has 0 fully saturated rings. The Balaban J connectivity index is 3.65. The van der Waals surface area contributed by atoms with Crippen LogP contribution in [0.3, 0.4) is 0 Å². The molecule has 17 heavy (non-hydrogen) atoms. The SMILES string of the molecule is CCCCN(CCCC)CCCC(C)NCC. The van der Waals surface area contributed by atoms with Gasteiger partial charge in [-0.2, -0.15) is 0 Å². The van der Waals surface area contributed by atoms with E-state index in [0.717, 1.165) is 6.54 Å². The summed E-state index contributed by atoms with van der Waals surface area (Å²) in [6.07, 6.45) is 7.98. The first-order valence-electron chi connectivity index (χ1n) is 7.70. The summed E-state index contributed by atoms with van der Waals surface area (Å²) in [4.78, 5) is 2.66. The highest BCUT2D eigenvalue weighted by molar-refractivity contribution is 4.63. The molecule has 0 aliphatic rings. The zero-order chi connectivity index (χ0) is 12.9.